The lowest BCUT2D eigenvalue weighted by molar-refractivity contribution is -0.382. The molecule has 3 aromatic rings. The van der Waals surface area contributed by atoms with Crippen LogP contribution in [-0.4, -0.2) is 38.8 Å². The molecule has 0 saturated carbocycles. The predicted octanol–water partition coefficient (Wildman–Crippen LogP) is 8.28. The van der Waals surface area contributed by atoms with Gasteiger partial charge in [0.25, 0.3) is 0 Å². The third-order valence-electron chi connectivity index (χ3n) is 5.72. The number of hydrogen-bond acceptors (Lipinski definition) is 4. The van der Waals surface area contributed by atoms with E-state index in [4.69, 9.17) is 8.37 Å². The summed E-state index contributed by atoms with van der Waals surface area (Å²) in [6, 6.07) is 15.5. The standard InChI is InChI=1S/C25H21F9O4S2/c1-16-4-10-19(11-5-16)39(20-12-6-17(2)7-13-20,21-14-8-18(37-3)9-15-21)38-40(35,36)25(33,34)23(28,29)22(26,27)24(30,31)32/h4-15H,1-3H3. The lowest BCUT2D eigenvalue weighted by atomic mass is 10.1. The van der Waals surface area contributed by atoms with Crippen molar-refractivity contribution in [2.75, 3.05) is 7.11 Å². The van der Waals surface area contributed by atoms with Crippen LogP contribution in [-0.2, 0) is 13.7 Å². The topological polar surface area (TPSA) is 52.6 Å². The van der Waals surface area contributed by atoms with Gasteiger partial charge in [-0.3, -0.25) is 0 Å². The van der Waals surface area contributed by atoms with Crippen molar-refractivity contribution in [3.8, 4) is 5.75 Å². The minimum atomic E-state index is -7.46. The smallest absolute Gasteiger partial charge is 0.460 e. The molecule has 0 heterocycles. The summed E-state index contributed by atoms with van der Waals surface area (Å²) in [7, 11) is -10.0. The maximum atomic E-state index is 14.9. The molecule has 0 aliphatic carbocycles. The van der Waals surface area contributed by atoms with E-state index in [-0.39, 0.29) is 20.4 Å². The van der Waals surface area contributed by atoms with Crippen molar-refractivity contribution in [2.24, 2.45) is 0 Å². The molecular formula is C25H21F9O4S2. The minimum absolute atomic E-state index is 0.169. The lowest BCUT2D eigenvalue weighted by Crippen LogP contribution is -2.63. The van der Waals surface area contributed by atoms with Gasteiger partial charge in [-0.05, 0) is 72.7 Å². The van der Waals surface area contributed by atoms with Crippen LogP contribution in [0.1, 0.15) is 11.1 Å². The van der Waals surface area contributed by atoms with Crippen LogP contribution in [0, 0.1) is 13.8 Å². The monoisotopic (exact) mass is 620 g/mol. The van der Waals surface area contributed by atoms with Gasteiger partial charge in [0.05, 0.1) is 7.11 Å². The Kier molecular flexibility index (Phi) is 8.29. The van der Waals surface area contributed by atoms with Gasteiger partial charge in [0.2, 0.25) is 0 Å². The predicted molar refractivity (Wildman–Crippen MR) is 129 cm³/mol. The summed E-state index contributed by atoms with van der Waals surface area (Å²) in [4.78, 5) is -0.541. The Morgan fingerprint density at radius 2 is 0.925 bits per heavy atom. The average Bonchev–Trinajstić information content (AvgIpc) is 2.87. The highest BCUT2D eigenvalue weighted by Crippen LogP contribution is 2.71. The van der Waals surface area contributed by atoms with E-state index in [1.54, 1.807) is 13.8 Å². The second-order valence-corrected chi connectivity index (χ2v) is 13.0. The zero-order chi connectivity index (χ0) is 30.4. The molecule has 0 saturated heterocycles. The van der Waals surface area contributed by atoms with Crippen LogP contribution < -0.4 is 4.74 Å². The molecule has 3 aromatic carbocycles. The molecule has 4 nitrogen and oxygen atoms in total. The van der Waals surface area contributed by atoms with Crippen LogP contribution in [0.25, 0.3) is 0 Å². The summed E-state index contributed by atoms with van der Waals surface area (Å²) in [6.45, 7) is 3.23. The Labute approximate surface area is 225 Å². The summed E-state index contributed by atoms with van der Waals surface area (Å²) in [5.41, 5.74) is 1.19. The fourth-order valence-corrected chi connectivity index (χ4v) is 8.62. The van der Waals surface area contributed by atoms with Crippen LogP contribution in [0.15, 0.2) is 87.5 Å². The molecule has 0 fully saturated rings. The third kappa shape index (κ3) is 5.14. The zero-order valence-corrected chi connectivity index (χ0v) is 22.4. The number of halogens is 9. The molecule has 0 N–H and O–H groups in total. The van der Waals surface area contributed by atoms with Crippen LogP contribution in [0.3, 0.4) is 0 Å². The Hall–Kier alpha value is -2.91. The molecular weight excluding hydrogens is 599 g/mol. The highest BCUT2D eigenvalue weighted by atomic mass is 32.3. The molecule has 0 atom stereocenters. The van der Waals surface area contributed by atoms with Crippen molar-refractivity contribution in [3.05, 3.63) is 83.9 Å². The lowest BCUT2D eigenvalue weighted by Gasteiger charge is -2.41. The van der Waals surface area contributed by atoms with Gasteiger partial charge < -0.3 is 4.74 Å². The third-order valence-corrected chi connectivity index (χ3v) is 10.9. The van der Waals surface area contributed by atoms with Crippen molar-refractivity contribution >= 4 is 20.4 Å². The summed E-state index contributed by atoms with van der Waals surface area (Å²) in [5.74, 6) is -14.7. The first-order valence-electron chi connectivity index (χ1n) is 11.0. The first-order valence-corrected chi connectivity index (χ1v) is 14.0. The molecule has 0 spiro atoms. The van der Waals surface area contributed by atoms with Gasteiger partial charge in [0.15, 0.2) is 0 Å². The number of rotatable bonds is 9. The number of methoxy groups -OCH3 is 1. The number of benzene rings is 3. The summed E-state index contributed by atoms with van der Waals surface area (Å²) in [5, 5.41) is -7.04. The Morgan fingerprint density at radius 1 is 0.575 bits per heavy atom. The SMILES string of the molecule is COc1ccc(S(OS(=O)(=O)C(F)(F)C(F)(F)C(F)(F)C(F)(F)F)(c2ccc(C)cc2)c2ccc(C)cc2)cc1. The second-order valence-electron chi connectivity index (χ2n) is 8.54. The van der Waals surface area contributed by atoms with Gasteiger partial charge in [0, 0.05) is 14.7 Å². The van der Waals surface area contributed by atoms with Gasteiger partial charge in [-0.15, -0.1) is 0 Å². The molecule has 15 heteroatoms. The van der Waals surface area contributed by atoms with E-state index in [1.807, 2.05) is 0 Å². The summed E-state index contributed by atoms with van der Waals surface area (Å²) >= 11 is 0. The van der Waals surface area contributed by atoms with Crippen LogP contribution in [0.5, 0.6) is 5.75 Å². The molecule has 0 aliphatic rings. The minimum Gasteiger partial charge on any atom is -0.497 e. The van der Waals surface area contributed by atoms with E-state index in [1.165, 1.54) is 79.9 Å². The van der Waals surface area contributed by atoms with E-state index < -0.39 is 43.7 Å². The van der Waals surface area contributed by atoms with Crippen molar-refractivity contribution < 1.29 is 56.3 Å². The Bertz CT molecular complexity index is 1390. The highest BCUT2D eigenvalue weighted by Gasteiger charge is 2.86. The van der Waals surface area contributed by atoms with E-state index in [9.17, 15) is 47.9 Å². The fourth-order valence-electron chi connectivity index (χ4n) is 3.45. The first kappa shape index (κ1) is 31.6. The molecule has 0 unspecified atom stereocenters. The van der Waals surface area contributed by atoms with Gasteiger partial charge in [-0.1, -0.05) is 35.4 Å². The fraction of sp³-hybridized carbons (Fsp3) is 0.280. The van der Waals surface area contributed by atoms with Crippen molar-refractivity contribution in [1.29, 1.82) is 0 Å². The highest BCUT2D eigenvalue weighted by molar-refractivity contribution is 8.33. The van der Waals surface area contributed by atoms with Gasteiger partial charge in [-0.25, -0.2) is 3.63 Å². The molecule has 0 amide bonds. The van der Waals surface area contributed by atoms with E-state index in [0.717, 1.165) is 0 Å². The number of alkyl halides is 9. The zero-order valence-electron chi connectivity index (χ0n) is 20.8. The molecule has 0 aromatic heterocycles. The van der Waals surface area contributed by atoms with Crippen molar-refractivity contribution in [1.82, 2.24) is 0 Å². The maximum absolute atomic E-state index is 14.9. The van der Waals surface area contributed by atoms with E-state index in [0.29, 0.717) is 11.1 Å². The molecule has 0 radical (unpaired) electrons. The van der Waals surface area contributed by atoms with E-state index in [2.05, 4.69) is 0 Å². The number of hydrogen-bond donors (Lipinski definition) is 0. The van der Waals surface area contributed by atoms with Crippen LogP contribution in [0.2, 0.25) is 0 Å². The second kappa shape index (κ2) is 10.5. The normalized spacial score (nSPS) is 14.2. The molecule has 220 valence electrons. The maximum Gasteiger partial charge on any atom is 0.460 e. The average molecular weight is 621 g/mol. The largest absolute Gasteiger partial charge is 0.497 e. The molecule has 0 aliphatic heterocycles. The van der Waals surface area contributed by atoms with Crippen LogP contribution in [0.4, 0.5) is 39.5 Å². The van der Waals surface area contributed by atoms with Gasteiger partial charge >= 0.3 is 33.4 Å². The first-order chi connectivity index (χ1) is 18.2. The van der Waals surface area contributed by atoms with Crippen LogP contribution >= 0.6 is 10.3 Å². The Morgan fingerprint density at radius 3 is 1.25 bits per heavy atom. The number of aryl methyl sites for hydroxylation is 2. The number of ether oxygens (including phenoxy) is 1. The van der Waals surface area contributed by atoms with Crippen molar-refractivity contribution in [3.63, 3.8) is 0 Å². The summed E-state index contributed by atoms with van der Waals surface area (Å²) < 4.78 is 159. The quantitative estimate of drug-likeness (QED) is 0.226. The van der Waals surface area contributed by atoms with Gasteiger partial charge in [0.1, 0.15) is 5.75 Å². The van der Waals surface area contributed by atoms with Crippen molar-refractivity contribution in [2.45, 2.75) is 51.8 Å². The van der Waals surface area contributed by atoms with E-state index >= 15 is 0 Å². The molecule has 40 heavy (non-hydrogen) atoms. The van der Waals surface area contributed by atoms with Gasteiger partial charge in [-0.2, -0.15) is 47.9 Å². The summed E-state index contributed by atoms with van der Waals surface area (Å²) in [6.07, 6.45) is -7.22. The Balaban J connectivity index is 2.39. The molecule has 0 bridgehead atoms. The molecule has 3 rings (SSSR count).